The molecule has 1 atom stereocenters. The molecule has 1 fully saturated rings. The van der Waals surface area contributed by atoms with Crippen molar-refractivity contribution in [3.05, 3.63) is 64.1 Å². The first-order valence-corrected chi connectivity index (χ1v) is 10.4. The van der Waals surface area contributed by atoms with Crippen LogP contribution in [0.1, 0.15) is 12.5 Å². The van der Waals surface area contributed by atoms with E-state index >= 15 is 0 Å². The van der Waals surface area contributed by atoms with Crippen molar-refractivity contribution in [3.8, 4) is 0 Å². The summed E-state index contributed by atoms with van der Waals surface area (Å²) in [6.45, 7) is 1.26. The Hall–Kier alpha value is -2.09. The molecule has 0 radical (unpaired) electrons. The van der Waals surface area contributed by atoms with E-state index < -0.39 is 27.3 Å². The third kappa shape index (κ3) is 3.67. The number of urea groups is 1. The fourth-order valence-electron chi connectivity index (χ4n) is 2.93. The molecule has 1 unspecified atom stereocenters. The quantitative estimate of drug-likeness (QED) is 0.743. The predicted octanol–water partition coefficient (Wildman–Crippen LogP) is 3.23. The molecule has 6 nitrogen and oxygen atoms in total. The van der Waals surface area contributed by atoms with Gasteiger partial charge >= 0.3 is 6.03 Å². The Morgan fingerprint density at radius 1 is 1.07 bits per heavy atom. The van der Waals surface area contributed by atoms with Crippen LogP contribution in [-0.4, -0.2) is 37.6 Å². The zero-order valence-corrected chi connectivity index (χ0v) is 16.6. The van der Waals surface area contributed by atoms with E-state index in [-0.39, 0.29) is 22.2 Å². The van der Waals surface area contributed by atoms with E-state index in [0.717, 1.165) is 4.90 Å². The molecule has 1 aliphatic rings. The van der Waals surface area contributed by atoms with Gasteiger partial charge in [0.2, 0.25) is 0 Å². The van der Waals surface area contributed by atoms with E-state index in [0.29, 0.717) is 10.6 Å². The minimum atomic E-state index is -3.63. The number of nitrogens with zero attached hydrogens (tertiary/aromatic N) is 1. The van der Waals surface area contributed by atoms with Crippen molar-refractivity contribution in [2.45, 2.75) is 17.4 Å². The maximum Gasteiger partial charge on any atom is 0.325 e. The Labute approximate surface area is 167 Å². The van der Waals surface area contributed by atoms with Crippen molar-refractivity contribution in [3.63, 3.8) is 0 Å². The van der Waals surface area contributed by atoms with Crippen LogP contribution in [0.15, 0.2) is 53.4 Å². The zero-order chi connectivity index (χ0) is 19.8. The number of carbonyl (C=O) groups is 2. The molecule has 2 aromatic carbocycles. The Morgan fingerprint density at radius 2 is 1.74 bits per heavy atom. The molecule has 1 saturated heterocycles. The van der Waals surface area contributed by atoms with Gasteiger partial charge in [-0.3, -0.25) is 9.69 Å². The molecule has 0 spiro atoms. The molecule has 142 valence electrons. The summed E-state index contributed by atoms with van der Waals surface area (Å²) in [5, 5.41) is 3.23. The smallest absolute Gasteiger partial charge is 0.319 e. The molecule has 9 heteroatoms. The van der Waals surface area contributed by atoms with Crippen LogP contribution in [0.25, 0.3) is 0 Å². The van der Waals surface area contributed by atoms with Gasteiger partial charge in [0.25, 0.3) is 5.91 Å². The van der Waals surface area contributed by atoms with Crippen LogP contribution in [0, 0.1) is 0 Å². The fourth-order valence-corrected chi connectivity index (χ4v) is 4.76. The highest BCUT2D eigenvalue weighted by molar-refractivity contribution is 7.91. The second-order valence-corrected chi connectivity index (χ2v) is 9.22. The summed E-state index contributed by atoms with van der Waals surface area (Å²) in [5.74, 6) is -0.944. The molecular weight excluding hydrogens is 411 g/mol. The topological polar surface area (TPSA) is 83.6 Å². The normalized spacial score (nSPS) is 20.0. The summed E-state index contributed by atoms with van der Waals surface area (Å²) in [5.41, 5.74) is -1.00. The highest BCUT2D eigenvalue weighted by Gasteiger charge is 2.50. The van der Waals surface area contributed by atoms with E-state index in [9.17, 15) is 18.0 Å². The van der Waals surface area contributed by atoms with Crippen LogP contribution in [-0.2, 0) is 20.2 Å². The van der Waals surface area contributed by atoms with E-state index in [1.165, 1.54) is 25.1 Å². The lowest BCUT2D eigenvalue weighted by Crippen LogP contribution is -2.41. The van der Waals surface area contributed by atoms with Gasteiger partial charge in [0.15, 0.2) is 9.84 Å². The summed E-state index contributed by atoms with van der Waals surface area (Å²) in [6.07, 6.45) is 0. The van der Waals surface area contributed by atoms with Crippen LogP contribution in [0.4, 0.5) is 4.79 Å². The Morgan fingerprint density at radius 3 is 2.37 bits per heavy atom. The Kier molecular flexibility index (Phi) is 5.20. The van der Waals surface area contributed by atoms with Gasteiger partial charge in [0.1, 0.15) is 5.54 Å². The molecule has 0 bridgehead atoms. The number of hydrogen-bond donors (Lipinski definition) is 1. The van der Waals surface area contributed by atoms with Crippen molar-refractivity contribution in [2.75, 3.05) is 12.3 Å². The van der Waals surface area contributed by atoms with E-state index in [1.54, 1.807) is 30.3 Å². The lowest BCUT2D eigenvalue weighted by molar-refractivity contribution is -0.130. The predicted molar refractivity (Wildman–Crippen MR) is 103 cm³/mol. The highest BCUT2D eigenvalue weighted by Crippen LogP contribution is 2.35. The van der Waals surface area contributed by atoms with Crippen molar-refractivity contribution < 1.29 is 18.0 Å². The number of benzene rings is 2. The second-order valence-electron chi connectivity index (χ2n) is 6.27. The minimum Gasteiger partial charge on any atom is -0.319 e. The molecule has 27 heavy (non-hydrogen) atoms. The largest absolute Gasteiger partial charge is 0.325 e. The molecule has 0 saturated carbocycles. The van der Waals surface area contributed by atoms with Gasteiger partial charge in [0, 0.05) is 22.2 Å². The molecule has 1 aliphatic heterocycles. The molecular formula is C18H16Cl2N2O4S. The first-order chi connectivity index (χ1) is 12.6. The third-order valence-electron chi connectivity index (χ3n) is 4.43. The molecule has 1 heterocycles. The standard InChI is InChI=1S/C18H16Cl2N2O4S/c1-18(14-8-7-12(19)11-15(14)20)16(23)22(17(24)21-18)9-10-27(25,26)13-5-3-2-4-6-13/h2-8,11H,9-10H2,1H3,(H,21,24). The molecule has 0 aliphatic carbocycles. The lowest BCUT2D eigenvalue weighted by atomic mass is 9.92. The Balaban J connectivity index is 1.82. The zero-order valence-electron chi connectivity index (χ0n) is 14.3. The van der Waals surface area contributed by atoms with Crippen LogP contribution in [0.5, 0.6) is 0 Å². The molecule has 3 rings (SSSR count). The summed E-state index contributed by atoms with van der Waals surface area (Å²) in [6, 6.07) is 11.8. The minimum absolute atomic E-state index is 0.139. The SMILES string of the molecule is CC1(c2ccc(Cl)cc2Cl)NC(=O)N(CCS(=O)(=O)c2ccccc2)C1=O. The monoisotopic (exact) mass is 426 g/mol. The first kappa shape index (κ1) is 19.7. The van der Waals surface area contributed by atoms with Gasteiger partial charge in [0.05, 0.1) is 10.6 Å². The van der Waals surface area contributed by atoms with Gasteiger partial charge in [-0.15, -0.1) is 0 Å². The summed E-state index contributed by atoms with van der Waals surface area (Å²) in [4.78, 5) is 26.3. The molecule has 1 N–H and O–H groups in total. The van der Waals surface area contributed by atoms with Crippen molar-refractivity contribution in [1.29, 1.82) is 0 Å². The fraction of sp³-hybridized carbons (Fsp3) is 0.222. The number of amides is 3. The van der Waals surface area contributed by atoms with Gasteiger partial charge in [-0.05, 0) is 31.2 Å². The third-order valence-corrected chi connectivity index (χ3v) is 6.69. The number of sulfone groups is 1. The van der Waals surface area contributed by atoms with Gasteiger partial charge < -0.3 is 5.32 Å². The highest BCUT2D eigenvalue weighted by atomic mass is 35.5. The van der Waals surface area contributed by atoms with Crippen molar-refractivity contribution in [1.82, 2.24) is 10.2 Å². The van der Waals surface area contributed by atoms with Crippen LogP contribution in [0.2, 0.25) is 10.0 Å². The molecule has 3 amide bonds. The summed E-state index contributed by atoms with van der Waals surface area (Å²) >= 11 is 12.1. The van der Waals surface area contributed by atoms with E-state index in [1.807, 2.05) is 0 Å². The van der Waals surface area contributed by atoms with E-state index in [4.69, 9.17) is 23.2 Å². The number of rotatable bonds is 5. The van der Waals surface area contributed by atoms with Crippen LogP contribution in [0.3, 0.4) is 0 Å². The Bertz CT molecular complexity index is 1010. The van der Waals surface area contributed by atoms with Crippen LogP contribution < -0.4 is 5.32 Å². The maximum atomic E-state index is 12.9. The maximum absolute atomic E-state index is 12.9. The van der Waals surface area contributed by atoms with Crippen molar-refractivity contribution >= 4 is 45.0 Å². The molecule has 0 aromatic heterocycles. The number of halogens is 2. The number of imide groups is 1. The number of nitrogens with one attached hydrogen (secondary N) is 1. The molecule has 2 aromatic rings. The first-order valence-electron chi connectivity index (χ1n) is 8.02. The number of hydrogen-bond acceptors (Lipinski definition) is 4. The van der Waals surface area contributed by atoms with Crippen molar-refractivity contribution in [2.24, 2.45) is 0 Å². The number of carbonyl (C=O) groups excluding carboxylic acids is 2. The average Bonchev–Trinajstić information content (AvgIpc) is 2.83. The van der Waals surface area contributed by atoms with Crippen LogP contribution >= 0.6 is 23.2 Å². The second kappa shape index (κ2) is 7.14. The van der Waals surface area contributed by atoms with Gasteiger partial charge in [-0.25, -0.2) is 13.2 Å². The lowest BCUT2D eigenvalue weighted by Gasteiger charge is -2.23. The average molecular weight is 427 g/mol. The van der Waals surface area contributed by atoms with Gasteiger partial charge in [-0.1, -0.05) is 47.5 Å². The van der Waals surface area contributed by atoms with Gasteiger partial charge in [-0.2, -0.15) is 0 Å². The summed E-state index contributed by atoms with van der Waals surface area (Å²) in [7, 11) is -3.63. The van der Waals surface area contributed by atoms with E-state index in [2.05, 4.69) is 5.32 Å². The summed E-state index contributed by atoms with van der Waals surface area (Å²) < 4.78 is 24.8.